The first kappa shape index (κ1) is 24.3. The van der Waals surface area contributed by atoms with Crippen molar-refractivity contribution in [2.24, 2.45) is 5.92 Å². The lowest BCUT2D eigenvalue weighted by molar-refractivity contribution is -0.137. The number of carbonyl (C=O) groups is 1. The molecule has 0 aromatic heterocycles. The van der Waals surface area contributed by atoms with Gasteiger partial charge in [-0.05, 0) is 97.6 Å². The summed E-state index contributed by atoms with van der Waals surface area (Å²) in [4.78, 5) is 13.5. The summed E-state index contributed by atoms with van der Waals surface area (Å²) in [5, 5.41) is -0.504. The van der Waals surface area contributed by atoms with Crippen LogP contribution in [0.1, 0.15) is 58.6 Å². The molecule has 1 aliphatic carbocycles. The molecular weight excluding hydrogens is 481 g/mol. The van der Waals surface area contributed by atoms with Crippen LogP contribution in [0.3, 0.4) is 0 Å². The molecule has 0 radical (unpaired) electrons. The van der Waals surface area contributed by atoms with Gasteiger partial charge in [-0.25, -0.2) is 4.39 Å². The molecule has 0 atom stereocenters. The van der Waals surface area contributed by atoms with E-state index >= 15 is 0 Å². The summed E-state index contributed by atoms with van der Waals surface area (Å²) >= 11 is 11.6. The Bertz CT molecular complexity index is 1030. The van der Waals surface area contributed by atoms with Crippen molar-refractivity contribution < 1.29 is 27.1 Å². The summed E-state index contributed by atoms with van der Waals surface area (Å²) < 4.78 is 59.2. The van der Waals surface area contributed by atoms with Crippen LogP contribution in [-0.4, -0.2) is 29.8 Å². The maximum absolute atomic E-state index is 14.3. The van der Waals surface area contributed by atoms with Crippen molar-refractivity contribution in [3.63, 3.8) is 0 Å². The van der Waals surface area contributed by atoms with Gasteiger partial charge in [0.2, 0.25) is 0 Å². The van der Waals surface area contributed by atoms with E-state index in [0.29, 0.717) is 42.6 Å². The second kappa shape index (κ2) is 9.80. The second-order valence-electron chi connectivity index (χ2n) is 8.75. The average molecular weight is 504 g/mol. The lowest BCUT2D eigenvalue weighted by Gasteiger charge is -2.32. The van der Waals surface area contributed by atoms with Crippen LogP contribution in [0.5, 0.6) is 5.75 Å². The molecular formula is C24H23Cl2F4NO2. The van der Waals surface area contributed by atoms with Gasteiger partial charge in [-0.2, -0.15) is 13.2 Å². The van der Waals surface area contributed by atoms with E-state index in [-0.39, 0.29) is 17.4 Å². The van der Waals surface area contributed by atoms with Crippen LogP contribution in [0.25, 0.3) is 0 Å². The van der Waals surface area contributed by atoms with Gasteiger partial charge in [0.05, 0.1) is 17.7 Å². The molecule has 0 N–H and O–H groups in total. The van der Waals surface area contributed by atoms with Crippen molar-refractivity contribution in [3.05, 3.63) is 63.4 Å². The van der Waals surface area contributed by atoms with E-state index in [1.165, 1.54) is 18.2 Å². The van der Waals surface area contributed by atoms with Gasteiger partial charge in [-0.1, -0.05) is 11.6 Å². The highest BCUT2D eigenvalue weighted by Gasteiger charge is 2.32. The molecule has 3 nitrogen and oxygen atoms in total. The lowest BCUT2D eigenvalue weighted by Crippen LogP contribution is -2.35. The summed E-state index contributed by atoms with van der Waals surface area (Å²) in [6.07, 6.45) is -0.868. The minimum absolute atomic E-state index is 0.132. The number of piperidine rings is 1. The number of carbonyl (C=O) groups excluding carboxylic acids is 1. The number of likely N-dealkylation sites (tertiary alicyclic amines) is 1. The Hall–Kier alpha value is -1.83. The van der Waals surface area contributed by atoms with Crippen molar-refractivity contribution >= 4 is 28.4 Å². The average Bonchev–Trinajstić information content (AvgIpc) is 3.59. The summed E-state index contributed by atoms with van der Waals surface area (Å²) in [5.74, 6) is 0.258. The molecule has 33 heavy (non-hydrogen) atoms. The number of nitrogens with zero attached hydrogens (tertiary/aromatic N) is 1. The van der Waals surface area contributed by atoms with Gasteiger partial charge in [0.1, 0.15) is 11.6 Å². The fourth-order valence-electron chi connectivity index (χ4n) is 4.19. The summed E-state index contributed by atoms with van der Waals surface area (Å²) in [5.41, 5.74) is 0.440. The third kappa shape index (κ3) is 6.00. The van der Waals surface area contributed by atoms with Gasteiger partial charge >= 0.3 is 6.18 Å². The molecule has 2 aromatic carbocycles. The molecule has 0 amide bonds. The van der Waals surface area contributed by atoms with Gasteiger partial charge in [0, 0.05) is 17.6 Å². The molecule has 2 aliphatic rings. The number of halogens is 6. The van der Waals surface area contributed by atoms with E-state index in [1.807, 2.05) is 0 Å². The van der Waals surface area contributed by atoms with Gasteiger partial charge < -0.3 is 4.74 Å². The molecule has 178 valence electrons. The number of hydrogen-bond donors (Lipinski definition) is 0. The number of ether oxygens (including phenoxy) is 1. The number of hydrogen-bond acceptors (Lipinski definition) is 3. The normalized spacial score (nSPS) is 17.9. The SMILES string of the molecule is O=C(Cl)c1cc(C2CC2)c(OCC2CCN(Cc3cc(C(F)(F)F)ccc3Cl)CC2)cc1F. The Morgan fingerprint density at radius 2 is 1.79 bits per heavy atom. The molecule has 1 heterocycles. The van der Waals surface area contributed by atoms with Gasteiger partial charge in [-0.3, -0.25) is 9.69 Å². The van der Waals surface area contributed by atoms with E-state index in [2.05, 4.69) is 4.90 Å². The standard InChI is InChI=1S/C24H23Cl2F4NO2/c25-20-4-3-17(24(28,29)30)9-16(20)12-31-7-5-14(6-8-31)13-33-22-11-21(27)19(23(26)32)10-18(22)15-1-2-15/h3-4,9-11,14-15H,1-2,5-8,12-13H2. The highest BCUT2D eigenvalue weighted by atomic mass is 35.5. The first-order chi connectivity index (χ1) is 15.6. The van der Waals surface area contributed by atoms with Crippen LogP contribution in [0, 0.1) is 11.7 Å². The lowest BCUT2D eigenvalue weighted by atomic mass is 9.97. The predicted molar refractivity (Wildman–Crippen MR) is 119 cm³/mol. The van der Waals surface area contributed by atoms with E-state index in [4.69, 9.17) is 27.9 Å². The van der Waals surface area contributed by atoms with Gasteiger partial charge in [0.25, 0.3) is 5.24 Å². The summed E-state index contributed by atoms with van der Waals surface area (Å²) in [7, 11) is 0. The van der Waals surface area contributed by atoms with Crippen molar-refractivity contribution in [2.75, 3.05) is 19.7 Å². The Morgan fingerprint density at radius 1 is 1.09 bits per heavy atom. The van der Waals surface area contributed by atoms with Crippen LogP contribution >= 0.6 is 23.2 Å². The smallest absolute Gasteiger partial charge is 0.416 e. The van der Waals surface area contributed by atoms with E-state index in [0.717, 1.165) is 43.4 Å². The van der Waals surface area contributed by atoms with E-state index in [1.54, 1.807) is 0 Å². The van der Waals surface area contributed by atoms with Gasteiger partial charge in [-0.15, -0.1) is 0 Å². The fourth-order valence-corrected chi connectivity index (χ4v) is 4.51. The van der Waals surface area contributed by atoms with E-state index < -0.39 is 22.8 Å². The molecule has 0 unspecified atom stereocenters. The number of alkyl halides is 3. The monoisotopic (exact) mass is 503 g/mol. The highest BCUT2D eigenvalue weighted by Crippen LogP contribution is 2.45. The summed E-state index contributed by atoms with van der Waals surface area (Å²) in [6.45, 7) is 2.15. The molecule has 1 aliphatic heterocycles. The minimum atomic E-state index is -4.41. The zero-order valence-corrected chi connectivity index (χ0v) is 19.2. The molecule has 2 aromatic rings. The maximum Gasteiger partial charge on any atom is 0.416 e. The topological polar surface area (TPSA) is 29.5 Å². The first-order valence-electron chi connectivity index (χ1n) is 10.9. The first-order valence-corrected chi connectivity index (χ1v) is 11.6. The van der Waals surface area contributed by atoms with Crippen molar-refractivity contribution in [1.29, 1.82) is 0 Å². The third-order valence-electron chi connectivity index (χ3n) is 6.28. The Morgan fingerprint density at radius 3 is 2.39 bits per heavy atom. The van der Waals surface area contributed by atoms with Gasteiger partial charge in [0.15, 0.2) is 0 Å². The number of rotatable bonds is 7. The maximum atomic E-state index is 14.3. The molecule has 0 bridgehead atoms. The number of benzene rings is 2. The van der Waals surface area contributed by atoms with E-state index in [9.17, 15) is 22.4 Å². The Balaban J connectivity index is 1.34. The minimum Gasteiger partial charge on any atom is -0.493 e. The van der Waals surface area contributed by atoms with Crippen LogP contribution in [0.15, 0.2) is 30.3 Å². The molecule has 9 heteroatoms. The Kier molecular flexibility index (Phi) is 7.22. The fraction of sp³-hybridized carbons (Fsp3) is 0.458. The molecule has 2 fully saturated rings. The summed E-state index contributed by atoms with van der Waals surface area (Å²) in [6, 6.07) is 6.14. The van der Waals surface area contributed by atoms with Crippen LogP contribution in [0.4, 0.5) is 17.6 Å². The molecule has 1 saturated heterocycles. The molecule has 0 spiro atoms. The van der Waals surface area contributed by atoms with Crippen LogP contribution in [-0.2, 0) is 12.7 Å². The van der Waals surface area contributed by atoms with Crippen LogP contribution in [0.2, 0.25) is 5.02 Å². The predicted octanol–water partition coefficient (Wildman–Crippen LogP) is 7.05. The zero-order chi connectivity index (χ0) is 23.8. The second-order valence-corrected chi connectivity index (χ2v) is 9.50. The largest absolute Gasteiger partial charge is 0.493 e. The quantitative estimate of drug-likeness (QED) is 0.299. The molecule has 4 rings (SSSR count). The van der Waals surface area contributed by atoms with Crippen molar-refractivity contribution in [1.82, 2.24) is 4.90 Å². The van der Waals surface area contributed by atoms with Crippen LogP contribution < -0.4 is 4.74 Å². The third-order valence-corrected chi connectivity index (χ3v) is 6.85. The highest BCUT2D eigenvalue weighted by molar-refractivity contribution is 6.67. The Labute approximate surface area is 199 Å². The zero-order valence-electron chi connectivity index (χ0n) is 17.7. The van der Waals surface area contributed by atoms with Crippen molar-refractivity contribution in [3.8, 4) is 5.75 Å². The molecule has 1 saturated carbocycles. The van der Waals surface area contributed by atoms with Crippen molar-refractivity contribution in [2.45, 2.75) is 44.3 Å².